The van der Waals surface area contributed by atoms with Crippen LogP contribution in [-0.2, 0) is 18.4 Å². The molecule has 0 bridgehead atoms. The number of rotatable bonds is 5. The van der Waals surface area contributed by atoms with Crippen molar-refractivity contribution in [2.24, 2.45) is 5.92 Å². The van der Waals surface area contributed by atoms with Gasteiger partial charge in [-0.25, -0.2) is 4.79 Å². The summed E-state index contributed by atoms with van der Waals surface area (Å²) >= 11 is 0. The van der Waals surface area contributed by atoms with E-state index in [0.29, 0.717) is 0 Å². The second kappa shape index (κ2) is 6.51. The van der Waals surface area contributed by atoms with E-state index in [0.717, 1.165) is 0 Å². The summed E-state index contributed by atoms with van der Waals surface area (Å²) in [6.07, 6.45) is -0.752. The largest absolute Gasteiger partial charge is 0.464 e. The minimum absolute atomic E-state index is 0.0113. The Bertz CT molecular complexity index is 406. The van der Waals surface area contributed by atoms with Crippen molar-refractivity contribution in [3.8, 4) is 0 Å². The van der Waals surface area contributed by atoms with E-state index in [1.54, 1.807) is 0 Å². The molecule has 7 heteroatoms. The van der Waals surface area contributed by atoms with E-state index in [-0.39, 0.29) is 23.7 Å². The van der Waals surface area contributed by atoms with Crippen molar-refractivity contribution in [3.63, 3.8) is 0 Å². The molecule has 1 rings (SSSR count). The molecule has 4 nitrogen and oxygen atoms in total. The third-order valence-corrected chi connectivity index (χ3v) is 7.88. The summed E-state index contributed by atoms with van der Waals surface area (Å²) in [4.78, 5) is 12.6. The Kier molecular flexibility index (Phi) is 5.94. The van der Waals surface area contributed by atoms with Crippen LogP contribution in [0.2, 0.25) is 58.9 Å². The molecule has 0 amide bonds. The molecular formula is C15H34O4Si3. The molecular weight excluding hydrogens is 328 g/mol. The fourth-order valence-corrected chi connectivity index (χ4v) is 7.30. The number of esters is 1. The number of cyclic esters (lactones) is 1. The first-order valence-corrected chi connectivity index (χ1v) is 18.6. The van der Waals surface area contributed by atoms with Crippen molar-refractivity contribution < 1.29 is 18.4 Å². The molecule has 1 fully saturated rings. The van der Waals surface area contributed by atoms with E-state index in [9.17, 15) is 4.79 Å². The maximum Gasteiger partial charge on any atom is 0.336 e. The zero-order chi connectivity index (χ0) is 17.5. The SMILES string of the molecule is CC1[C@H](O[Si](C)(C)C)[C@@H](O[Si](C)(C)C)C(=O)O[C@@H]1[Si](C)(C)C. The van der Waals surface area contributed by atoms with Crippen LogP contribution in [0, 0.1) is 5.92 Å². The minimum atomic E-state index is -1.86. The Balaban J connectivity index is 3.13. The highest BCUT2D eigenvalue weighted by molar-refractivity contribution is 6.77. The Morgan fingerprint density at radius 1 is 0.864 bits per heavy atom. The van der Waals surface area contributed by atoms with Crippen molar-refractivity contribution in [1.29, 1.82) is 0 Å². The van der Waals surface area contributed by atoms with Gasteiger partial charge in [0.05, 0.1) is 19.9 Å². The third kappa shape index (κ3) is 5.59. The summed E-state index contributed by atoms with van der Waals surface area (Å²) in [6, 6.07) is 0. The highest BCUT2D eigenvalue weighted by atomic mass is 28.4. The lowest BCUT2D eigenvalue weighted by atomic mass is 9.98. The van der Waals surface area contributed by atoms with Crippen LogP contribution < -0.4 is 0 Å². The second-order valence-corrected chi connectivity index (χ2v) is 23.7. The van der Waals surface area contributed by atoms with Crippen LogP contribution >= 0.6 is 0 Å². The number of carbonyl (C=O) groups excluding carboxylic acids is 1. The molecule has 1 aliphatic rings. The number of carbonyl (C=O) groups is 1. The molecule has 130 valence electrons. The van der Waals surface area contributed by atoms with Gasteiger partial charge in [-0.05, 0) is 39.3 Å². The van der Waals surface area contributed by atoms with Gasteiger partial charge in [0.1, 0.15) is 0 Å². The van der Waals surface area contributed by atoms with Gasteiger partial charge in [0.25, 0.3) is 0 Å². The predicted octanol–water partition coefficient (Wildman–Crippen LogP) is 3.87. The average Bonchev–Trinajstić information content (AvgIpc) is 2.23. The van der Waals surface area contributed by atoms with Gasteiger partial charge in [0.15, 0.2) is 22.7 Å². The lowest BCUT2D eigenvalue weighted by molar-refractivity contribution is -0.177. The molecule has 1 saturated heterocycles. The van der Waals surface area contributed by atoms with Gasteiger partial charge in [-0.1, -0.05) is 26.6 Å². The highest BCUT2D eigenvalue weighted by Gasteiger charge is 2.51. The molecule has 1 unspecified atom stereocenters. The van der Waals surface area contributed by atoms with Gasteiger partial charge < -0.3 is 13.6 Å². The summed E-state index contributed by atoms with van der Waals surface area (Å²) in [5, 5.41) is 0. The summed E-state index contributed by atoms with van der Waals surface area (Å²) < 4.78 is 18.4. The molecule has 0 spiro atoms. The Hall–Kier alpha value is 0.0406. The van der Waals surface area contributed by atoms with E-state index in [4.69, 9.17) is 13.6 Å². The first kappa shape index (κ1) is 20.1. The van der Waals surface area contributed by atoms with Crippen LogP contribution in [0.3, 0.4) is 0 Å². The maximum absolute atomic E-state index is 12.6. The average molecular weight is 363 g/mol. The molecule has 0 aromatic heterocycles. The van der Waals surface area contributed by atoms with Gasteiger partial charge in [-0.3, -0.25) is 0 Å². The van der Waals surface area contributed by atoms with Crippen molar-refractivity contribution in [3.05, 3.63) is 0 Å². The maximum atomic E-state index is 12.6. The standard InChI is InChI=1S/C15H34O4Si3/c1-11-12(18-21(5,6)7)13(19-22(8,9)10)14(16)17-15(11)20(2,3)4/h11-13,15H,1-10H3/t11?,12-,13+,15+/m0/s1. The zero-order valence-electron chi connectivity index (χ0n) is 15.9. The van der Waals surface area contributed by atoms with E-state index >= 15 is 0 Å². The molecule has 0 aliphatic carbocycles. The number of hydrogen-bond acceptors (Lipinski definition) is 4. The van der Waals surface area contributed by atoms with E-state index < -0.39 is 30.8 Å². The van der Waals surface area contributed by atoms with Crippen molar-refractivity contribution in [2.45, 2.75) is 83.8 Å². The summed E-state index contributed by atoms with van der Waals surface area (Å²) in [7, 11) is -5.25. The molecule has 1 aliphatic heterocycles. The summed E-state index contributed by atoms with van der Waals surface area (Å²) in [5.74, 6) is -0.0476. The normalized spacial score (nSPS) is 31.1. The number of ether oxygens (including phenoxy) is 1. The molecule has 0 N–H and O–H groups in total. The highest BCUT2D eigenvalue weighted by Crippen LogP contribution is 2.34. The monoisotopic (exact) mass is 362 g/mol. The predicted molar refractivity (Wildman–Crippen MR) is 98.8 cm³/mol. The second-order valence-electron chi connectivity index (χ2n) is 9.43. The van der Waals surface area contributed by atoms with E-state index in [2.05, 4.69) is 65.8 Å². The fraction of sp³-hybridized carbons (Fsp3) is 0.933. The van der Waals surface area contributed by atoms with Crippen LogP contribution in [0.15, 0.2) is 0 Å². The lowest BCUT2D eigenvalue weighted by Gasteiger charge is -2.47. The molecule has 0 aromatic rings. The summed E-state index contributed by atoms with van der Waals surface area (Å²) in [6.45, 7) is 21.7. The zero-order valence-corrected chi connectivity index (χ0v) is 18.9. The molecule has 1 heterocycles. The minimum Gasteiger partial charge on any atom is -0.464 e. The topological polar surface area (TPSA) is 44.8 Å². The van der Waals surface area contributed by atoms with Crippen LogP contribution in [0.25, 0.3) is 0 Å². The Morgan fingerprint density at radius 3 is 1.68 bits per heavy atom. The lowest BCUT2D eigenvalue weighted by Crippen LogP contribution is -2.63. The first-order valence-electron chi connectivity index (χ1n) is 8.18. The molecule has 0 aromatic carbocycles. The van der Waals surface area contributed by atoms with Crippen LogP contribution in [0.5, 0.6) is 0 Å². The van der Waals surface area contributed by atoms with Gasteiger partial charge >= 0.3 is 5.97 Å². The summed E-state index contributed by atoms with van der Waals surface area (Å²) in [5.41, 5.74) is -0.0113. The molecule has 0 radical (unpaired) electrons. The third-order valence-electron chi connectivity index (χ3n) is 3.59. The van der Waals surface area contributed by atoms with Crippen LogP contribution in [0.1, 0.15) is 6.92 Å². The van der Waals surface area contributed by atoms with Crippen LogP contribution in [-0.4, -0.2) is 48.6 Å². The Labute approximate surface area is 139 Å². The van der Waals surface area contributed by atoms with E-state index in [1.165, 1.54) is 0 Å². The quantitative estimate of drug-likeness (QED) is 0.550. The van der Waals surface area contributed by atoms with Gasteiger partial charge in [-0.2, -0.15) is 0 Å². The van der Waals surface area contributed by atoms with Crippen molar-refractivity contribution in [2.75, 3.05) is 0 Å². The van der Waals surface area contributed by atoms with E-state index in [1.807, 2.05) is 0 Å². The van der Waals surface area contributed by atoms with Crippen molar-refractivity contribution >= 4 is 30.7 Å². The molecule has 0 saturated carbocycles. The first-order chi connectivity index (χ1) is 9.62. The van der Waals surface area contributed by atoms with Crippen LogP contribution in [0.4, 0.5) is 0 Å². The smallest absolute Gasteiger partial charge is 0.336 e. The molecule has 22 heavy (non-hydrogen) atoms. The van der Waals surface area contributed by atoms with Gasteiger partial charge in [0, 0.05) is 5.92 Å². The van der Waals surface area contributed by atoms with Gasteiger partial charge in [-0.15, -0.1) is 0 Å². The Morgan fingerprint density at radius 2 is 1.32 bits per heavy atom. The van der Waals surface area contributed by atoms with Gasteiger partial charge in [0.2, 0.25) is 0 Å². The number of hydrogen-bond donors (Lipinski definition) is 0. The fourth-order valence-electron chi connectivity index (χ4n) is 2.92. The molecule has 4 atom stereocenters. The van der Waals surface area contributed by atoms with Crippen molar-refractivity contribution in [1.82, 2.24) is 0 Å².